The average molecular weight is 463 g/mol. The number of nitrogens with zero attached hydrogens (tertiary/aromatic N) is 2. The Kier molecular flexibility index (Phi) is 10.6. The first-order chi connectivity index (χ1) is 16.3. The topological polar surface area (TPSA) is 84.3 Å². The Bertz CT molecular complexity index is 951. The number of hydrogen-bond donors (Lipinski definition) is 2. The van der Waals surface area contributed by atoms with Gasteiger partial charge >= 0.3 is 6.03 Å². The fourth-order valence-electron chi connectivity index (χ4n) is 2.77. The zero-order valence-corrected chi connectivity index (χ0v) is 20.7. The Balaban J connectivity index is 2.01. The van der Waals surface area contributed by atoms with E-state index in [9.17, 15) is 4.79 Å². The number of allylic oxidation sites excluding steroid dienone is 2. The van der Waals surface area contributed by atoms with Crippen molar-refractivity contribution in [2.75, 3.05) is 14.2 Å². The molecule has 0 saturated carbocycles. The minimum atomic E-state index is -0.507. The van der Waals surface area contributed by atoms with Gasteiger partial charge in [0, 0.05) is 0 Å². The Labute approximate surface area is 202 Å². The van der Waals surface area contributed by atoms with Gasteiger partial charge in [0.25, 0.3) is 0 Å². The lowest BCUT2D eigenvalue weighted by Crippen LogP contribution is -2.31. The van der Waals surface area contributed by atoms with Crippen LogP contribution in [0.1, 0.15) is 38.8 Å². The van der Waals surface area contributed by atoms with Crippen molar-refractivity contribution in [1.29, 1.82) is 0 Å². The van der Waals surface area contributed by atoms with Gasteiger partial charge in [-0.2, -0.15) is 10.2 Å². The second-order valence-corrected chi connectivity index (χ2v) is 8.15. The van der Waals surface area contributed by atoms with Gasteiger partial charge in [-0.05, 0) is 59.4 Å². The zero-order valence-electron chi connectivity index (χ0n) is 20.7. The van der Waals surface area contributed by atoms with Crippen LogP contribution in [0.4, 0.5) is 4.79 Å². The van der Waals surface area contributed by atoms with Crippen molar-refractivity contribution >= 4 is 29.6 Å². The van der Waals surface area contributed by atoms with Crippen molar-refractivity contribution < 1.29 is 14.3 Å². The number of ether oxygens (including phenoxy) is 2. The summed E-state index contributed by atoms with van der Waals surface area (Å²) in [4.78, 5) is 12.3. The summed E-state index contributed by atoms with van der Waals surface area (Å²) in [7, 11) is 3.27. The van der Waals surface area contributed by atoms with Crippen LogP contribution in [0.15, 0.2) is 70.9 Å². The molecule has 0 bridgehead atoms. The predicted molar refractivity (Wildman–Crippen MR) is 140 cm³/mol. The van der Waals surface area contributed by atoms with Gasteiger partial charge in [-0.1, -0.05) is 64.1 Å². The van der Waals surface area contributed by atoms with Crippen LogP contribution in [0.2, 0.25) is 0 Å². The van der Waals surface area contributed by atoms with Gasteiger partial charge in [-0.25, -0.2) is 15.6 Å². The molecule has 7 heteroatoms. The van der Waals surface area contributed by atoms with E-state index >= 15 is 0 Å². The maximum absolute atomic E-state index is 12.3. The summed E-state index contributed by atoms with van der Waals surface area (Å²) < 4.78 is 10.4. The minimum Gasteiger partial charge on any atom is -0.497 e. The zero-order chi connectivity index (χ0) is 24.9. The normalized spacial score (nSPS) is 12.6. The van der Waals surface area contributed by atoms with Gasteiger partial charge in [-0.15, -0.1) is 0 Å². The van der Waals surface area contributed by atoms with E-state index in [1.54, 1.807) is 14.2 Å². The van der Waals surface area contributed by atoms with Crippen LogP contribution in [-0.4, -0.2) is 31.7 Å². The van der Waals surface area contributed by atoms with E-state index in [1.165, 1.54) is 0 Å². The predicted octanol–water partition coefficient (Wildman–Crippen LogP) is 5.75. The number of hydrazone groups is 2. The molecule has 0 atom stereocenters. The lowest BCUT2D eigenvalue weighted by molar-refractivity contribution is 0.241. The molecule has 0 fully saturated rings. The van der Waals surface area contributed by atoms with E-state index in [0.717, 1.165) is 34.0 Å². The molecule has 2 N–H and O–H groups in total. The number of urea groups is 1. The third kappa shape index (κ3) is 8.94. The Morgan fingerprint density at radius 2 is 1.06 bits per heavy atom. The molecular formula is C27H34N4O3. The van der Waals surface area contributed by atoms with Crippen LogP contribution in [0.3, 0.4) is 0 Å². The van der Waals surface area contributed by atoms with Crippen LogP contribution < -0.4 is 20.3 Å². The molecule has 0 aliphatic rings. The highest BCUT2D eigenvalue weighted by atomic mass is 16.5. The van der Waals surface area contributed by atoms with Gasteiger partial charge in [0.15, 0.2) is 0 Å². The Morgan fingerprint density at radius 1 is 0.706 bits per heavy atom. The molecule has 2 aromatic rings. The van der Waals surface area contributed by atoms with Gasteiger partial charge in [0.2, 0.25) is 0 Å². The number of amides is 2. The third-order valence-electron chi connectivity index (χ3n) is 4.88. The molecule has 180 valence electrons. The number of hydrogen-bond acceptors (Lipinski definition) is 5. The highest BCUT2D eigenvalue weighted by molar-refractivity contribution is 6.01. The summed E-state index contributed by atoms with van der Waals surface area (Å²) in [6.07, 6.45) is 7.65. The first-order valence-electron chi connectivity index (χ1n) is 11.2. The molecule has 2 rings (SSSR count). The molecule has 0 radical (unpaired) electrons. The van der Waals surface area contributed by atoms with Crippen LogP contribution in [-0.2, 0) is 0 Å². The first-order valence-corrected chi connectivity index (χ1v) is 11.2. The fraction of sp³-hybridized carbons (Fsp3) is 0.296. The number of nitrogens with one attached hydrogen (secondary N) is 2. The van der Waals surface area contributed by atoms with Crippen molar-refractivity contribution in [1.82, 2.24) is 10.9 Å². The maximum atomic E-state index is 12.3. The standard InChI is InChI=1S/C27H34N4O3/c1-19(2)25(17-11-21-7-13-23(33-5)14-8-21)28-30-27(32)31-29-26(20(3)4)18-12-22-9-15-24(34-6)16-10-22/h7-20H,1-6H3,(H2,30,31,32)/b17-11-,18-12-,28-25+,29-26+. The van der Waals surface area contributed by atoms with Crippen LogP contribution in [0.5, 0.6) is 11.5 Å². The second kappa shape index (κ2) is 13.6. The SMILES string of the molecule is COc1ccc(/C=C\C(=N/NC(=O)N/N=C(\C=C/c2ccc(OC)cc2)C(C)C)C(C)C)cc1. The van der Waals surface area contributed by atoms with E-state index in [2.05, 4.69) is 21.1 Å². The van der Waals surface area contributed by atoms with E-state index < -0.39 is 6.03 Å². The quantitative estimate of drug-likeness (QED) is 0.348. The lowest BCUT2D eigenvalue weighted by atomic mass is 10.1. The summed E-state index contributed by atoms with van der Waals surface area (Å²) in [5.74, 6) is 1.84. The second-order valence-electron chi connectivity index (χ2n) is 8.15. The van der Waals surface area contributed by atoms with Crippen LogP contribution in [0.25, 0.3) is 12.2 Å². The van der Waals surface area contributed by atoms with Crippen molar-refractivity contribution in [3.05, 3.63) is 71.8 Å². The summed E-state index contributed by atoms with van der Waals surface area (Å²) in [6, 6.07) is 14.9. The monoisotopic (exact) mass is 462 g/mol. The molecule has 0 heterocycles. The Hall–Kier alpha value is -3.87. The number of methoxy groups -OCH3 is 2. The summed E-state index contributed by atoms with van der Waals surface area (Å²) in [6.45, 7) is 8.04. The van der Waals surface area contributed by atoms with Crippen molar-refractivity contribution in [2.24, 2.45) is 22.0 Å². The van der Waals surface area contributed by atoms with E-state index in [-0.39, 0.29) is 11.8 Å². The van der Waals surface area contributed by atoms with Crippen molar-refractivity contribution in [2.45, 2.75) is 27.7 Å². The first kappa shape index (κ1) is 26.4. The molecule has 2 aromatic carbocycles. The Morgan fingerprint density at radius 3 is 1.35 bits per heavy atom. The molecule has 0 spiro atoms. The molecule has 2 amide bonds. The number of carbonyl (C=O) groups is 1. The smallest absolute Gasteiger partial charge is 0.355 e. The average Bonchev–Trinajstić information content (AvgIpc) is 2.84. The van der Waals surface area contributed by atoms with E-state index in [1.807, 2.05) is 101 Å². The number of carbonyl (C=O) groups excluding carboxylic acids is 1. The lowest BCUT2D eigenvalue weighted by Gasteiger charge is -2.08. The molecule has 34 heavy (non-hydrogen) atoms. The summed E-state index contributed by atoms with van der Waals surface area (Å²) >= 11 is 0. The molecule has 0 aliphatic carbocycles. The largest absolute Gasteiger partial charge is 0.497 e. The van der Waals surface area contributed by atoms with Gasteiger partial charge in [-0.3, -0.25) is 0 Å². The number of benzene rings is 2. The molecular weight excluding hydrogens is 428 g/mol. The fourth-order valence-corrected chi connectivity index (χ4v) is 2.77. The highest BCUT2D eigenvalue weighted by Crippen LogP contribution is 2.14. The van der Waals surface area contributed by atoms with Gasteiger partial charge in [0.05, 0.1) is 25.6 Å². The highest BCUT2D eigenvalue weighted by Gasteiger charge is 2.06. The molecule has 0 saturated heterocycles. The van der Waals surface area contributed by atoms with Crippen molar-refractivity contribution in [3.63, 3.8) is 0 Å². The third-order valence-corrected chi connectivity index (χ3v) is 4.88. The molecule has 0 aliphatic heterocycles. The van der Waals surface area contributed by atoms with Crippen molar-refractivity contribution in [3.8, 4) is 11.5 Å². The molecule has 0 unspecified atom stereocenters. The summed E-state index contributed by atoms with van der Waals surface area (Å²) in [5, 5.41) is 8.50. The van der Waals surface area contributed by atoms with Gasteiger partial charge < -0.3 is 9.47 Å². The number of rotatable bonds is 10. The molecule has 0 aromatic heterocycles. The maximum Gasteiger partial charge on any atom is 0.355 e. The van der Waals surface area contributed by atoms with E-state index in [4.69, 9.17) is 9.47 Å². The van der Waals surface area contributed by atoms with Crippen LogP contribution >= 0.6 is 0 Å². The minimum absolute atomic E-state index is 0.122. The van der Waals surface area contributed by atoms with E-state index in [0.29, 0.717) is 0 Å². The summed E-state index contributed by atoms with van der Waals surface area (Å²) in [5.41, 5.74) is 8.53. The van der Waals surface area contributed by atoms with Crippen LogP contribution in [0, 0.1) is 11.8 Å². The van der Waals surface area contributed by atoms with Gasteiger partial charge in [0.1, 0.15) is 11.5 Å². The molecule has 7 nitrogen and oxygen atoms in total.